The minimum Gasteiger partial charge on any atom is -0.349 e. The summed E-state index contributed by atoms with van der Waals surface area (Å²) in [6.07, 6.45) is 4.57. The summed E-state index contributed by atoms with van der Waals surface area (Å²) in [5, 5.41) is 2.84. The van der Waals surface area contributed by atoms with Crippen LogP contribution in [0.4, 0.5) is 0 Å². The molecule has 5 nitrogen and oxygen atoms in total. The van der Waals surface area contributed by atoms with Gasteiger partial charge in [-0.3, -0.25) is 4.79 Å². The van der Waals surface area contributed by atoms with Crippen molar-refractivity contribution in [1.29, 1.82) is 0 Å². The standard InChI is InChI=1S/C15H22N4O/c1-10(2)7-13(16)15(20)17-8-12-9-19-6-4-5-11(3)14(19)18-12/h4-6,9-10,13H,7-8,16H2,1-3H3,(H,17,20)/t13-/m0/s1. The highest BCUT2D eigenvalue weighted by Crippen LogP contribution is 2.10. The summed E-state index contributed by atoms with van der Waals surface area (Å²) in [6, 6.07) is 3.54. The molecule has 2 heterocycles. The molecule has 2 rings (SSSR count). The van der Waals surface area contributed by atoms with E-state index in [4.69, 9.17) is 5.73 Å². The molecule has 0 spiro atoms. The van der Waals surface area contributed by atoms with Crippen LogP contribution in [0.25, 0.3) is 5.65 Å². The molecule has 0 aliphatic rings. The lowest BCUT2D eigenvalue weighted by molar-refractivity contribution is -0.122. The molecule has 0 aromatic carbocycles. The number of fused-ring (bicyclic) bond motifs is 1. The molecule has 1 atom stereocenters. The quantitative estimate of drug-likeness (QED) is 0.870. The van der Waals surface area contributed by atoms with Crippen molar-refractivity contribution in [3.05, 3.63) is 35.8 Å². The first-order valence-corrected chi connectivity index (χ1v) is 6.94. The molecule has 0 radical (unpaired) electrons. The molecule has 0 unspecified atom stereocenters. The SMILES string of the molecule is Cc1cccn2cc(CNC(=O)[C@@H](N)CC(C)C)nc12. The maximum absolute atomic E-state index is 11.9. The van der Waals surface area contributed by atoms with Crippen molar-refractivity contribution in [2.45, 2.75) is 39.8 Å². The highest BCUT2D eigenvalue weighted by molar-refractivity contribution is 5.81. The van der Waals surface area contributed by atoms with Gasteiger partial charge in [-0.1, -0.05) is 19.9 Å². The van der Waals surface area contributed by atoms with Crippen LogP contribution in [0, 0.1) is 12.8 Å². The number of aryl methyl sites for hydroxylation is 1. The van der Waals surface area contributed by atoms with Crippen molar-refractivity contribution in [2.24, 2.45) is 11.7 Å². The molecule has 20 heavy (non-hydrogen) atoms. The van der Waals surface area contributed by atoms with E-state index in [1.165, 1.54) is 0 Å². The topological polar surface area (TPSA) is 72.4 Å². The number of rotatable bonds is 5. The van der Waals surface area contributed by atoms with Crippen molar-refractivity contribution in [3.8, 4) is 0 Å². The molecule has 2 aromatic rings. The number of nitrogens with two attached hydrogens (primary N) is 1. The van der Waals surface area contributed by atoms with Crippen LogP contribution in [0.1, 0.15) is 31.5 Å². The molecule has 3 N–H and O–H groups in total. The van der Waals surface area contributed by atoms with Crippen molar-refractivity contribution in [3.63, 3.8) is 0 Å². The van der Waals surface area contributed by atoms with Crippen molar-refractivity contribution < 1.29 is 4.79 Å². The second kappa shape index (κ2) is 6.05. The number of pyridine rings is 1. The Balaban J connectivity index is 1.99. The van der Waals surface area contributed by atoms with Gasteiger partial charge in [0.1, 0.15) is 5.65 Å². The fraction of sp³-hybridized carbons (Fsp3) is 0.467. The first-order valence-electron chi connectivity index (χ1n) is 6.94. The van der Waals surface area contributed by atoms with Crippen molar-refractivity contribution in [1.82, 2.24) is 14.7 Å². The third kappa shape index (κ3) is 3.36. The lowest BCUT2D eigenvalue weighted by Gasteiger charge is -2.13. The van der Waals surface area contributed by atoms with Crippen LogP contribution in [0.5, 0.6) is 0 Å². The minimum absolute atomic E-state index is 0.118. The summed E-state index contributed by atoms with van der Waals surface area (Å²) in [5.74, 6) is 0.293. The van der Waals surface area contributed by atoms with E-state index in [2.05, 4.69) is 24.1 Å². The Morgan fingerprint density at radius 1 is 1.50 bits per heavy atom. The maximum atomic E-state index is 11.9. The van der Waals surface area contributed by atoms with Crippen LogP contribution in [0.2, 0.25) is 0 Å². The van der Waals surface area contributed by atoms with Crippen LogP contribution < -0.4 is 11.1 Å². The fourth-order valence-corrected chi connectivity index (χ4v) is 2.21. The second-order valence-electron chi connectivity index (χ2n) is 5.61. The number of aromatic nitrogens is 2. The van der Waals surface area contributed by atoms with E-state index in [0.29, 0.717) is 18.9 Å². The van der Waals surface area contributed by atoms with Crippen LogP contribution >= 0.6 is 0 Å². The Kier molecular flexibility index (Phi) is 4.39. The van der Waals surface area contributed by atoms with Crippen LogP contribution in [0.3, 0.4) is 0 Å². The fourth-order valence-electron chi connectivity index (χ4n) is 2.21. The molecule has 1 amide bonds. The second-order valence-corrected chi connectivity index (χ2v) is 5.61. The monoisotopic (exact) mass is 274 g/mol. The number of imidazole rings is 1. The summed E-state index contributed by atoms with van der Waals surface area (Å²) in [6.45, 7) is 6.53. The van der Waals surface area contributed by atoms with Gasteiger partial charge >= 0.3 is 0 Å². The summed E-state index contributed by atoms with van der Waals surface area (Å²) in [4.78, 5) is 16.4. The molecule has 108 valence electrons. The van der Waals surface area contributed by atoms with Crippen molar-refractivity contribution in [2.75, 3.05) is 0 Å². The van der Waals surface area contributed by atoms with Gasteiger partial charge in [-0.25, -0.2) is 4.98 Å². The zero-order chi connectivity index (χ0) is 14.7. The maximum Gasteiger partial charge on any atom is 0.237 e. The average Bonchev–Trinajstić information content (AvgIpc) is 2.79. The smallest absolute Gasteiger partial charge is 0.237 e. The van der Waals surface area contributed by atoms with Crippen molar-refractivity contribution >= 4 is 11.6 Å². The highest BCUT2D eigenvalue weighted by atomic mass is 16.2. The molecule has 0 aliphatic heterocycles. The molecule has 0 bridgehead atoms. The Hall–Kier alpha value is -1.88. The predicted molar refractivity (Wildman–Crippen MR) is 79.2 cm³/mol. The van der Waals surface area contributed by atoms with Crippen LogP contribution in [-0.2, 0) is 11.3 Å². The minimum atomic E-state index is -0.450. The van der Waals surface area contributed by atoms with E-state index < -0.39 is 6.04 Å². The van der Waals surface area contributed by atoms with E-state index in [0.717, 1.165) is 16.9 Å². The molecule has 0 fully saturated rings. The van der Waals surface area contributed by atoms with Crippen LogP contribution in [0.15, 0.2) is 24.5 Å². The van der Waals surface area contributed by atoms with Gasteiger partial charge in [0.15, 0.2) is 0 Å². The third-order valence-corrected chi connectivity index (χ3v) is 3.23. The van der Waals surface area contributed by atoms with Gasteiger partial charge in [-0.05, 0) is 30.9 Å². The molecular formula is C15H22N4O. The lowest BCUT2D eigenvalue weighted by Crippen LogP contribution is -2.41. The zero-order valence-corrected chi connectivity index (χ0v) is 12.3. The number of carbonyl (C=O) groups is 1. The summed E-state index contributed by atoms with van der Waals surface area (Å²) >= 11 is 0. The highest BCUT2D eigenvalue weighted by Gasteiger charge is 2.15. The Morgan fingerprint density at radius 3 is 2.90 bits per heavy atom. The molecule has 0 saturated carbocycles. The van der Waals surface area contributed by atoms with E-state index in [1.807, 2.05) is 35.9 Å². The third-order valence-electron chi connectivity index (χ3n) is 3.23. The van der Waals surface area contributed by atoms with Crippen LogP contribution in [-0.4, -0.2) is 21.3 Å². The van der Waals surface area contributed by atoms with Gasteiger partial charge in [-0.2, -0.15) is 0 Å². The predicted octanol–water partition coefficient (Wildman–Crippen LogP) is 1.63. The van der Waals surface area contributed by atoms with E-state index in [9.17, 15) is 4.79 Å². The summed E-state index contributed by atoms with van der Waals surface area (Å²) < 4.78 is 1.96. The number of nitrogens with one attached hydrogen (secondary N) is 1. The molecular weight excluding hydrogens is 252 g/mol. The van der Waals surface area contributed by atoms with E-state index in [1.54, 1.807) is 0 Å². The largest absolute Gasteiger partial charge is 0.349 e. The Labute approximate surface area is 119 Å². The number of hydrogen-bond donors (Lipinski definition) is 2. The van der Waals surface area contributed by atoms with Gasteiger partial charge in [0.25, 0.3) is 0 Å². The number of nitrogens with zero attached hydrogens (tertiary/aromatic N) is 2. The summed E-state index contributed by atoms with van der Waals surface area (Å²) in [7, 11) is 0. The zero-order valence-electron chi connectivity index (χ0n) is 12.3. The van der Waals surface area contributed by atoms with E-state index in [-0.39, 0.29) is 5.91 Å². The van der Waals surface area contributed by atoms with Gasteiger partial charge in [-0.15, -0.1) is 0 Å². The first kappa shape index (κ1) is 14.5. The molecule has 0 aliphatic carbocycles. The molecule has 2 aromatic heterocycles. The molecule has 5 heteroatoms. The number of carbonyl (C=O) groups excluding carboxylic acids is 1. The number of amides is 1. The van der Waals surface area contributed by atoms with Gasteiger partial charge < -0.3 is 15.5 Å². The average molecular weight is 274 g/mol. The Bertz CT molecular complexity index is 603. The number of hydrogen-bond acceptors (Lipinski definition) is 3. The molecule has 0 saturated heterocycles. The lowest BCUT2D eigenvalue weighted by atomic mass is 10.0. The Morgan fingerprint density at radius 2 is 2.25 bits per heavy atom. The van der Waals surface area contributed by atoms with Gasteiger partial charge in [0.05, 0.1) is 18.3 Å². The summed E-state index contributed by atoms with van der Waals surface area (Å²) in [5.41, 5.74) is 8.71. The first-order chi connectivity index (χ1) is 9.47. The normalized spacial score (nSPS) is 12.8. The van der Waals surface area contributed by atoms with Gasteiger partial charge in [0.2, 0.25) is 5.91 Å². The van der Waals surface area contributed by atoms with E-state index >= 15 is 0 Å². The van der Waals surface area contributed by atoms with Gasteiger partial charge in [0, 0.05) is 12.4 Å².